The molecule has 0 saturated carbocycles. The molecule has 2 aromatic carbocycles. The average molecular weight is 463 g/mol. The molecule has 1 heterocycles. The van der Waals surface area contributed by atoms with E-state index in [1.807, 2.05) is 4.98 Å². The molecule has 0 aliphatic carbocycles. The van der Waals surface area contributed by atoms with Crippen molar-refractivity contribution in [2.24, 2.45) is 0 Å². The number of aromatic nitrogens is 1. The van der Waals surface area contributed by atoms with Crippen LogP contribution in [0.3, 0.4) is 0 Å². The molecule has 1 aromatic heterocycles. The third-order valence-corrected chi connectivity index (χ3v) is 4.81. The molecule has 0 aliphatic rings. The van der Waals surface area contributed by atoms with Crippen molar-refractivity contribution in [3.8, 4) is 22.6 Å². The molecule has 0 radical (unpaired) electrons. The molecule has 3 aromatic rings. The Morgan fingerprint density at radius 2 is 1.75 bits per heavy atom. The number of methoxy groups -OCH3 is 1. The number of pyridine rings is 1. The molecular formula is C21H16ClFN2O7. The summed E-state index contributed by atoms with van der Waals surface area (Å²) in [5, 5.41) is 19.2. The number of nitrogens with one attached hydrogen (secondary N) is 1. The van der Waals surface area contributed by atoms with Crippen LogP contribution < -0.4 is 20.8 Å². The number of hydrogen-bond donors (Lipinski definition) is 4. The Hall–Kier alpha value is -4.05. The number of anilines is 1. The molecule has 0 unspecified atom stereocenters. The zero-order valence-corrected chi connectivity index (χ0v) is 17.2. The molecule has 0 aliphatic heterocycles. The number of halogens is 2. The molecule has 166 valence electrons. The van der Waals surface area contributed by atoms with Gasteiger partial charge >= 0.3 is 11.9 Å². The minimum Gasteiger partial charge on any atom is -0.496 e. The number of rotatable bonds is 7. The lowest BCUT2D eigenvalue weighted by Gasteiger charge is -2.16. The van der Waals surface area contributed by atoms with Crippen LogP contribution in [0.1, 0.15) is 26.3 Å². The van der Waals surface area contributed by atoms with Crippen LogP contribution in [0, 0.1) is 5.82 Å². The summed E-state index contributed by atoms with van der Waals surface area (Å²) in [4.78, 5) is 37.8. The van der Waals surface area contributed by atoms with Crippen LogP contribution in [0.2, 0.25) is 5.02 Å². The highest BCUT2D eigenvalue weighted by Crippen LogP contribution is 2.34. The van der Waals surface area contributed by atoms with Gasteiger partial charge in [-0.25, -0.2) is 14.0 Å². The third kappa shape index (κ3) is 4.35. The first-order valence-electron chi connectivity index (χ1n) is 8.91. The van der Waals surface area contributed by atoms with Crippen molar-refractivity contribution >= 4 is 29.4 Å². The van der Waals surface area contributed by atoms with Gasteiger partial charge in [-0.3, -0.25) is 4.79 Å². The van der Waals surface area contributed by atoms with Crippen LogP contribution >= 0.6 is 11.6 Å². The number of aromatic carboxylic acids is 2. The molecule has 11 heteroatoms. The molecule has 5 N–H and O–H groups in total. The fourth-order valence-electron chi connectivity index (χ4n) is 3.13. The molecule has 0 saturated heterocycles. The first-order valence-corrected chi connectivity index (χ1v) is 9.29. The van der Waals surface area contributed by atoms with Gasteiger partial charge in [0.2, 0.25) is 0 Å². The highest BCUT2D eigenvalue weighted by atomic mass is 35.5. The van der Waals surface area contributed by atoms with E-state index >= 15 is 0 Å². The highest BCUT2D eigenvalue weighted by Gasteiger charge is 2.27. The summed E-state index contributed by atoms with van der Waals surface area (Å²) in [6.45, 7) is -0.147. The molecule has 0 atom stereocenters. The van der Waals surface area contributed by atoms with Gasteiger partial charge in [0.25, 0.3) is 5.56 Å². The van der Waals surface area contributed by atoms with E-state index in [9.17, 15) is 29.0 Å². The monoisotopic (exact) mass is 462 g/mol. The number of ether oxygens (including phenoxy) is 2. The van der Waals surface area contributed by atoms with E-state index in [0.717, 1.165) is 12.1 Å². The Kier molecular flexibility index (Phi) is 6.35. The van der Waals surface area contributed by atoms with E-state index in [2.05, 4.69) is 0 Å². The van der Waals surface area contributed by atoms with Gasteiger partial charge in [0.15, 0.2) is 0 Å². The number of carboxylic acid groups (broad SMARTS) is 2. The molecule has 0 amide bonds. The van der Waals surface area contributed by atoms with Crippen molar-refractivity contribution in [2.45, 2.75) is 6.61 Å². The van der Waals surface area contributed by atoms with Gasteiger partial charge in [0, 0.05) is 11.1 Å². The highest BCUT2D eigenvalue weighted by molar-refractivity contribution is 6.32. The first kappa shape index (κ1) is 22.6. The molecule has 32 heavy (non-hydrogen) atoms. The Balaban J connectivity index is 2.15. The fraction of sp³-hybridized carbons (Fsp3) is 0.0952. The molecule has 0 bridgehead atoms. The van der Waals surface area contributed by atoms with E-state index in [4.69, 9.17) is 26.8 Å². The Morgan fingerprint density at radius 1 is 1.09 bits per heavy atom. The second-order valence-corrected chi connectivity index (χ2v) is 6.90. The first-order chi connectivity index (χ1) is 15.1. The van der Waals surface area contributed by atoms with Crippen molar-refractivity contribution in [3.63, 3.8) is 0 Å². The Bertz CT molecular complexity index is 1290. The maximum atomic E-state index is 13.2. The third-order valence-electron chi connectivity index (χ3n) is 4.52. The number of carbonyl (C=O) groups is 2. The fourth-order valence-corrected chi connectivity index (χ4v) is 3.35. The van der Waals surface area contributed by atoms with E-state index in [1.54, 1.807) is 0 Å². The quantitative estimate of drug-likeness (QED) is 0.417. The van der Waals surface area contributed by atoms with Crippen LogP contribution in [0.25, 0.3) is 11.1 Å². The predicted molar refractivity (Wildman–Crippen MR) is 113 cm³/mol. The van der Waals surface area contributed by atoms with Crippen LogP contribution in [-0.2, 0) is 6.61 Å². The van der Waals surface area contributed by atoms with Crippen molar-refractivity contribution in [3.05, 3.63) is 74.3 Å². The Morgan fingerprint density at radius 3 is 2.34 bits per heavy atom. The summed E-state index contributed by atoms with van der Waals surface area (Å²) in [5.74, 6) is -3.68. The van der Waals surface area contributed by atoms with Crippen LogP contribution in [0.5, 0.6) is 11.5 Å². The van der Waals surface area contributed by atoms with Crippen LogP contribution in [-0.4, -0.2) is 34.2 Å². The van der Waals surface area contributed by atoms with Crippen molar-refractivity contribution in [2.75, 3.05) is 12.8 Å². The molecule has 0 spiro atoms. The zero-order chi connectivity index (χ0) is 23.6. The molecular weight excluding hydrogens is 447 g/mol. The predicted octanol–water partition coefficient (Wildman–Crippen LogP) is 3.40. The number of H-pyrrole nitrogens is 1. The summed E-state index contributed by atoms with van der Waals surface area (Å²) >= 11 is 5.96. The number of aromatic amines is 1. The van der Waals surface area contributed by atoms with E-state index in [-0.39, 0.29) is 28.5 Å². The second kappa shape index (κ2) is 8.98. The topological polar surface area (TPSA) is 152 Å². The van der Waals surface area contributed by atoms with E-state index in [0.29, 0.717) is 11.3 Å². The molecule has 9 nitrogen and oxygen atoms in total. The minimum atomic E-state index is -1.63. The SMILES string of the molecule is COc1ccc(-c2c(C(=O)O)c(N)[nH]c(=O)c2C(=O)O)cc1COc1ccc(F)cc1Cl. The number of nitrogens with two attached hydrogens (primary N) is 1. The van der Waals surface area contributed by atoms with Crippen molar-refractivity contribution < 1.29 is 33.7 Å². The lowest BCUT2D eigenvalue weighted by Crippen LogP contribution is -2.24. The number of benzene rings is 2. The summed E-state index contributed by atoms with van der Waals surface area (Å²) in [6, 6.07) is 7.81. The van der Waals surface area contributed by atoms with Crippen LogP contribution in [0.4, 0.5) is 10.2 Å². The van der Waals surface area contributed by atoms with Gasteiger partial charge in [-0.05, 0) is 35.9 Å². The molecule has 3 rings (SSSR count). The van der Waals surface area contributed by atoms with E-state index < -0.39 is 40.3 Å². The van der Waals surface area contributed by atoms with Crippen LogP contribution in [0.15, 0.2) is 41.2 Å². The lowest BCUT2D eigenvalue weighted by atomic mass is 9.94. The van der Waals surface area contributed by atoms with Gasteiger partial charge in [-0.15, -0.1) is 0 Å². The maximum Gasteiger partial charge on any atom is 0.342 e. The summed E-state index contributed by atoms with van der Waals surface area (Å²) < 4.78 is 24.1. The van der Waals surface area contributed by atoms with Gasteiger partial charge < -0.3 is 30.4 Å². The smallest absolute Gasteiger partial charge is 0.342 e. The largest absolute Gasteiger partial charge is 0.496 e. The summed E-state index contributed by atoms with van der Waals surface area (Å²) in [7, 11) is 1.39. The van der Waals surface area contributed by atoms with Gasteiger partial charge in [0.1, 0.15) is 40.9 Å². The van der Waals surface area contributed by atoms with Gasteiger partial charge in [-0.1, -0.05) is 17.7 Å². The number of carboxylic acids is 2. The second-order valence-electron chi connectivity index (χ2n) is 6.49. The maximum absolute atomic E-state index is 13.2. The summed E-state index contributed by atoms with van der Waals surface area (Å²) in [6.07, 6.45) is 0. The normalized spacial score (nSPS) is 10.6. The average Bonchev–Trinajstić information content (AvgIpc) is 2.71. The Labute approximate surface area is 184 Å². The van der Waals surface area contributed by atoms with Gasteiger partial charge in [0.05, 0.1) is 12.1 Å². The van der Waals surface area contributed by atoms with Gasteiger partial charge in [-0.2, -0.15) is 0 Å². The van der Waals surface area contributed by atoms with E-state index in [1.165, 1.54) is 31.4 Å². The van der Waals surface area contributed by atoms with Crippen molar-refractivity contribution in [1.82, 2.24) is 4.98 Å². The lowest BCUT2D eigenvalue weighted by molar-refractivity contribution is 0.0695. The molecule has 0 fully saturated rings. The number of nitrogen functional groups attached to an aromatic ring is 1. The standard InChI is InChI=1S/C21H16ClFN2O7/c1-31-13-4-2-9(6-10(13)8-32-14-5-3-11(23)7-12(14)22)15-16(20(27)28)18(24)25-19(26)17(15)21(29)30/h2-7H,8H2,1H3,(H,27,28)(H,29,30)(H3,24,25,26). The minimum absolute atomic E-state index is 0.0313. The van der Waals surface area contributed by atoms with Crippen molar-refractivity contribution in [1.29, 1.82) is 0 Å². The zero-order valence-electron chi connectivity index (χ0n) is 16.4. The summed E-state index contributed by atoms with van der Waals surface area (Å²) in [5.41, 5.74) is 3.35. The number of hydrogen-bond acceptors (Lipinski definition) is 6.